The Morgan fingerprint density at radius 2 is 1.16 bits per heavy atom. The molecule has 0 bridgehead atoms. The minimum absolute atomic E-state index is 0.0300. The number of nitrogens with zero attached hydrogens (tertiary/aromatic N) is 1. The molecule has 51 heavy (non-hydrogen) atoms. The Kier molecular flexibility index (Phi) is 7.43. The van der Waals surface area contributed by atoms with Gasteiger partial charge in [-0.25, -0.2) is 4.98 Å². The number of hydrogen-bond acceptors (Lipinski definition) is 3. The second kappa shape index (κ2) is 12.3. The number of fused-ring (bicyclic) bond motifs is 3. The summed E-state index contributed by atoms with van der Waals surface area (Å²) in [6.45, 7) is 6.59. The molecule has 3 heteroatoms. The standard InChI is InChI=1S/C48H38N2O/c1-48(2,3)47-50-46-40(21-12-22-43(46)51-47)33-25-23-32(24-26-33)39-28-27-31-13-7-9-19-38(31)44(39)36-17-11-18-37(29-36)45-41-20-10-8-16-35(41)30-42(49-45)34-14-5-4-6-15-34/h4-30,47,50H,1-3H3. The van der Waals surface area contributed by atoms with Crippen LogP contribution in [0.15, 0.2) is 164 Å². The number of pyridine rings is 1. The molecule has 9 rings (SSSR count). The Hall–Kier alpha value is -6.19. The third-order valence-electron chi connectivity index (χ3n) is 10.0. The van der Waals surface area contributed by atoms with E-state index in [0.29, 0.717) is 0 Å². The lowest BCUT2D eigenvalue weighted by Gasteiger charge is -2.26. The molecule has 0 saturated heterocycles. The molecule has 0 radical (unpaired) electrons. The van der Waals surface area contributed by atoms with Crippen molar-refractivity contribution < 1.29 is 4.74 Å². The first-order valence-corrected chi connectivity index (χ1v) is 17.7. The van der Waals surface area contributed by atoms with E-state index in [2.05, 4.69) is 184 Å². The van der Waals surface area contributed by atoms with Crippen LogP contribution < -0.4 is 10.1 Å². The predicted octanol–water partition coefficient (Wildman–Crippen LogP) is 12.9. The summed E-state index contributed by atoms with van der Waals surface area (Å²) < 4.78 is 6.31. The zero-order valence-corrected chi connectivity index (χ0v) is 29.0. The number of hydrogen-bond donors (Lipinski definition) is 1. The van der Waals surface area contributed by atoms with Gasteiger partial charge in [-0.15, -0.1) is 0 Å². The van der Waals surface area contributed by atoms with E-state index in [1.54, 1.807) is 0 Å². The van der Waals surface area contributed by atoms with Crippen molar-refractivity contribution in [2.75, 3.05) is 5.32 Å². The highest BCUT2D eigenvalue weighted by atomic mass is 16.5. The van der Waals surface area contributed by atoms with E-state index in [0.717, 1.165) is 56.0 Å². The van der Waals surface area contributed by atoms with Gasteiger partial charge in [-0.1, -0.05) is 166 Å². The SMILES string of the molecule is CC(C)(C)C1Nc2c(cccc2-c2ccc(-c3ccc4ccccc4c3-c3cccc(-c4nc(-c5ccccc5)cc5ccccc45)c3)cc2)O1. The van der Waals surface area contributed by atoms with Crippen LogP contribution in [-0.4, -0.2) is 11.2 Å². The molecule has 246 valence electrons. The molecule has 0 spiro atoms. The molecule has 7 aromatic carbocycles. The van der Waals surface area contributed by atoms with Crippen LogP contribution in [0.5, 0.6) is 5.75 Å². The normalized spacial score (nSPS) is 13.9. The van der Waals surface area contributed by atoms with E-state index >= 15 is 0 Å². The second-order valence-electron chi connectivity index (χ2n) is 14.5. The highest BCUT2D eigenvalue weighted by Crippen LogP contribution is 2.45. The first kappa shape index (κ1) is 30.8. The van der Waals surface area contributed by atoms with Crippen LogP contribution in [0.3, 0.4) is 0 Å². The largest absolute Gasteiger partial charge is 0.468 e. The monoisotopic (exact) mass is 658 g/mol. The lowest BCUT2D eigenvalue weighted by atomic mass is 9.88. The zero-order chi connectivity index (χ0) is 34.5. The summed E-state index contributed by atoms with van der Waals surface area (Å²) >= 11 is 0. The molecule has 1 atom stereocenters. The fraction of sp³-hybridized carbons (Fsp3) is 0.104. The van der Waals surface area contributed by atoms with Crippen LogP contribution in [0, 0.1) is 5.41 Å². The molecular weight excluding hydrogens is 621 g/mol. The van der Waals surface area contributed by atoms with E-state index in [1.807, 2.05) is 6.07 Å². The number of ether oxygens (including phenoxy) is 1. The smallest absolute Gasteiger partial charge is 0.175 e. The van der Waals surface area contributed by atoms with Gasteiger partial charge in [0.05, 0.1) is 17.1 Å². The van der Waals surface area contributed by atoms with Crippen molar-refractivity contribution in [2.45, 2.75) is 27.0 Å². The van der Waals surface area contributed by atoms with E-state index in [1.165, 1.54) is 32.8 Å². The van der Waals surface area contributed by atoms with Crippen LogP contribution in [0.1, 0.15) is 20.8 Å². The molecule has 0 saturated carbocycles. The number of para-hydroxylation sites is 1. The molecule has 1 aliphatic rings. The van der Waals surface area contributed by atoms with Gasteiger partial charge in [-0.3, -0.25) is 0 Å². The summed E-state index contributed by atoms with van der Waals surface area (Å²) in [5.41, 5.74) is 12.2. The topological polar surface area (TPSA) is 34.2 Å². The molecule has 0 fully saturated rings. The number of benzene rings is 7. The fourth-order valence-electron chi connectivity index (χ4n) is 7.35. The van der Waals surface area contributed by atoms with Gasteiger partial charge in [0.25, 0.3) is 0 Å². The number of nitrogens with one attached hydrogen (secondary N) is 1. The molecule has 1 unspecified atom stereocenters. The Balaban J connectivity index is 1.16. The van der Waals surface area contributed by atoms with Gasteiger partial charge >= 0.3 is 0 Å². The fourth-order valence-corrected chi connectivity index (χ4v) is 7.35. The molecule has 2 heterocycles. The summed E-state index contributed by atoms with van der Waals surface area (Å²) in [4.78, 5) is 5.29. The van der Waals surface area contributed by atoms with Gasteiger partial charge < -0.3 is 10.1 Å². The minimum atomic E-state index is -0.0714. The molecule has 0 aliphatic carbocycles. The van der Waals surface area contributed by atoms with Crippen LogP contribution in [0.25, 0.3) is 77.4 Å². The Morgan fingerprint density at radius 1 is 0.510 bits per heavy atom. The molecule has 0 amide bonds. The van der Waals surface area contributed by atoms with Crippen LogP contribution >= 0.6 is 0 Å². The third-order valence-corrected chi connectivity index (χ3v) is 10.0. The van der Waals surface area contributed by atoms with Crippen molar-refractivity contribution in [3.05, 3.63) is 164 Å². The summed E-state index contributed by atoms with van der Waals surface area (Å²) in [5.74, 6) is 0.907. The van der Waals surface area contributed by atoms with E-state index in [4.69, 9.17) is 9.72 Å². The minimum Gasteiger partial charge on any atom is -0.468 e. The van der Waals surface area contributed by atoms with Gasteiger partial charge in [0, 0.05) is 27.5 Å². The van der Waals surface area contributed by atoms with Crippen molar-refractivity contribution >= 4 is 27.2 Å². The summed E-state index contributed by atoms with van der Waals surface area (Å²) in [6, 6.07) is 58.6. The van der Waals surface area contributed by atoms with Gasteiger partial charge in [0.1, 0.15) is 5.75 Å². The average Bonchev–Trinajstić information content (AvgIpc) is 3.64. The van der Waals surface area contributed by atoms with Gasteiger partial charge in [-0.05, 0) is 62.2 Å². The Bertz CT molecular complexity index is 2560. The first-order chi connectivity index (χ1) is 24.9. The van der Waals surface area contributed by atoms with Crippen molar-refractivity contribution in [3.8, 4) is 61.6 Å². The van der Waals surface area contributed by atoms with E-state index in [-0.39, 0.29) is 11.6 Å². The Morgan fingerprint density at radius 3 is 1.94 bits per heavy atom. The first-order valence-electron chi connectivity index (χ1n) is 17.7. The maximum absolute atomic E-state index is 6.31. The van der Waals surface area contributed by atoms with Crippen LogP contribution in [0.2, 0.25) is 0 Å². The maximum Gasteiger partial charge on any atom is 0.175 e. The van der Waals surface area contributed by atoms with Crippen LogP contribution in [0.4, 0.5) is 5.69 Å². The number of rotatable bonds is 5. The van der Waals surface area contributed by atoms with Crippen LogP contribution in [-0.2, 0) is 0 Å². The van der Waals surface area contributed by atoms with Gasteiger partial charge in [0.15, 0.2) is 6.23 Å². The number of aromatic nitrogens is 1. The molecule has 1 aliphatic heterocycles. The van der Waals surface area contributed by atoms with E-state index < -0.39 is 0 Å². The predicted molar refractivity (Wildman–Crippen MR) is 214 cm³/mol. The summed E-state index contributed by atoms with van der Waals surface area (Å²) in [5, 5.41) is 8.41. The lowest BCUT2D eigenvalue weighted by Crippen LogP contribution is -2.35. The molecular formula is C48H38N2O. The lowest BCUT2D eigenvalue weighted by molar-refractivity contribution is 0.127. The molecule has 3 nitrogen and oxygen atoms in total. The van der Waals surface area contributed by atoms with E-state index in [9.17, 15) is 0 Å². The highest BCUT2D eigenvalue weighted by Gasteiger charge is 2.33. The van der Waals surface area contributed by atoms with Gasteiger partial charge in [0.2, 0.25) is 0 Å². The molecule has 8 aromatic rings. The second-order valence-corrected chi connectivity index (χ2v) is 14.5. The Labute approximate surface area is 299 Å². The molecule has 1 N–H and O–H groups in total. The summed E-state index contributed by atoms with van der Waals surface area (Å²) in [7, 11) is 0. The third kappa shape index (κ3) is 5.61. The van der Waals surface area contributed by atoms with Gasteiger partial charge in [-0.2, -0.15) is 0 Å². The highest BCUT2D eigenvalue weighted by molar-refractivity contribution is 6.05. The van der Waals surface area contributed by atoms with Crippen molar-refractivity contribution in [3.63, 3.8) is 0 Å². The quantitative estimate of drug-likeness (QED) is 0.200. The van der Waals surface area contributed by atoms with Crippen molar-refractivity contribution in [1.82, 2.24) is 4.98 Å². The zero-order valence-electron chi connectivity index (χ0n) is 29.0. The van der Waals surface area contributed by atoms with Crippen molar-refractivity contribution in [1.29, 1.82) is 0 Å². The van der Waals surface area contributed by atoms with Crippen molar-refractivity contribution in [2.24, 2.45) is 5.41 Å². The molecule has 1 aromatic heterocycles. The average molecular weight is 659 g/mol. The number of anilines is 1. The maximum atomic E-state index is 6.31. The summed E-state index contributed by atoms with van der Waals surface area (Å²) in [6.07, 6.45) is -0.0714.